The van der Waals surface area contributed by atoms with E-state index in [0.29, 0.717) is 31.7 Å². The van der Waals surface area contributed by atoms with E-state index >= 15 is 0 Å². The Kier molecular flexibility index (Phi) is 5.89. The summed E-state index contributed by atoms with van der Waals surface area (Å²) in [4.78, 5) is 25.8. The number of rotatable bonds is 5. The van der Waals surface area contributed by atoms with E-state index in [-0.39, 0.29) is 22.8 Å². The third-order valence-electron chi connectivity index (χ3n) is 4.61. The summed E-state index contributed by atoms with van der Waals surface area (Å²) in [5.74, 6) is -2.32. The number of ether oxygens (including phenoxy) is 1. The highest BCUT2D eigenvalue weighted by molar-refractivity contribution is 5.96. The molecule has 3 N–H and O–H groups in total. The first kappa shape index (κ1) is 19.8. The molecular weight excluding hydrogens is 368 g/mol. The topological polar surface area (TPSA) is 84.7 Å². The van der Waals surface area contributed by atoms with Gasteiger partial charge in [0.15, 0.2) is 0 Å². The fourth-order valence-electron chi connectivity index (χ4n) is 3.05. The van der Waals surface area contributed by atoms with Crippen LogP contribution in [0.25, 0.3) is 0 Å². The Labute approximate surface area is 161 Å². The Hall–Kier alpha value is -3.00. The first-order valence-electron chi connectivity index (χ1n) is 8.92. The summed E-state index contributed by atoms with van der Waals surface area (Å²) in [6, 6.07) is 7.61. The van der Waals surface area contributed by atoms with Crippen molar-refractivity contribution in [1.82, 2.24) is 10.2 Å². The number of primary amides is 1. The third-order valence-corrected chi connectivity index (χ3v) is 4.61. The van der Waals surface area contributed by atoms with E-state index in [1.165, 1.54) is 24.3 Å². The molecule has 28 heavy (non-hydrogen) atoms. The molecule has 6 nitrogen and oxygen atoms in total. The molecule has 1 aliphatic heterocycles. The first-order valence-corrected chi connectivity index (χ1v) is 8.92. The number of hydrogen-bond donors (Lipinski definition) is 2. The zero-order chi connectivity index (χ0) is 20.3. The standard InChI is InChI=1S/C20H21F2N3O3/c1-12(28-18-5-3-14(21)11-16(18)19(23)26)13-2-4-17(22)15(10-13)20(27)25-8-6-24-7-9-25/h2-5,10-12,24H,6-9H2,1H3,(H2,23,26)/t12-/m1/s1. The molecule has 1 aliphatic rings. The van der Waals surface area contributed by atoms with E-state index in [4.69, 9.17) is 10.5 Å². The third kappa shape index (κ3) is 4.28. The van der Waals surface area contributed by atoms with Crippen LogP contribution in [0.15, 0.2) is 36.4 Å². The highest BCUT2D eigenvalue weighted by Crippen LogP contribution is 2.27. The molecule has 2 amide bonds. The summed E-state index contributed by atoms with van der Waals surface area (Å²) in [6.07, 6.45) is -0.626. The van der Waals surface area contributed by atoms with E-state index in [1.54, 1.807) is 11.8 Å². The smallest absolute Gasteiger partial charge is 0.256 e. The van der Waals surface area contributed by atoms with Gasteiger partial charge in [-0.05, 0) is 42.8 Å². The van der Waals surface area contributed by atoms with Crippen LogP contribution >= 0.6 is 0 Å². The zero-order valence-corrected chi connectivity index (χ0v) is 15.4. The minimum Gasteiger partial charge on any atom is -0.485 e. The quantitative estimate of drug-likeness (QED) is 0.822. The van der Waals surface area contributed by atoms with Gasteiger partial charge < -0.3 is 20.7 Å². The van der Waals surface area contributed by atoms with Gasteiger partial charge in [0.2, 0.25) is 0 Å². The van der Waals surface area contributed by atoms with Crippen molar-refractivity contribution in [3.8, 4) is 5.75 Å². The van der Waals surface area contributed by atoms with Gasteiger partial charge in [0.1, 0.15) is 23.5 Å². The number of nitrogens with zero attached hydrogens (tertiary/aromatic N) is 1. The van der Waals surface area contributed by atoms with Crippen LogP contribution in [0, 0.1) is 11.6 Å². The SMILES string of the molecule is C[C@@H](Oc1ccc(F)cc1C(N)=O)c1ccc(F)c(C(=O)N2CCNCC2)c1. The molecule has 1 saturated heterocycles. The molecule has 148 valence electrons. The van der Waals surface area contributed by atoms with Crippen molar-refractivity contribution in [2.45, 2.75) is 13.0 Å². The van der Waals surface area contributed by atoms with Crippen molar-refractivity contribution in [1.29, 1.82) is 0 Å². The molecule has 0 saturated carbocycles. The van der Waals surface area contributed by atoms with Gasteiger partial charge in [-0.25, -0.2) is 8.78 Å². The second-order valence-electron chi connectivity index (χ2n) is 6.55. The van der Waals surface area contributed by atoms with Crippen molar-refractivity contribution < 1.29 is 23.1 Å². The van der Waals surface area contributed by atoms with E-state index in [2.05, 4.69) is 5.32 Å². The molecule has 2 aromatic rings. The number of amides is 2. The molecule has 0 spiro atoms. The van der Waals surface area contributed by atoms with Crippen LogP contribution in [-0.4, -0.2) is 42.9 Å². The summed E-state index contributed by atoms with van der Waals surface area (Å²) in [5.41, 5.74) is 5.69. The summed E-state index contributed by atoms with van der Waals surface area (Å²) < 4.78 is 33.4. The summed E-state index contributed by atoms with van der Waals surface area (Å²) in [7, 11) is 0. The molecule has 2 aromatic carbocycles. The molecule has 0 aliphatic carbocycles. The van der Waals surface area contributed by atoms with Crippen LogP contribution in [0.2, 0.25) is 0 Å². The highest BCUT2D eigenvalue weighted by Gasteiger charge is 2.23. The van der Waals surface area contributed by atoms with Crippen molar-refractivity contribution in [3.63, 3.8) is 0 Å². The normalized spacial score (nSPS) is 15.2. The van der Waals surface area contributed by atoms with Crippen molar-refractivity contribution >= 4 is 11.8 Å². The Morgan fingerprint density at radius 1 is 1.11 bits per heavy atom. The van der Waals surface area contributed by atoms with Crippen LogP contribution in [0.5, 0.6) is 5.75 Å². The lowest BCUT2D eigenvalue weighted by atomic mass is 10.0. The molecule has 0 bridgehead atoms. The van der Waals surface area contributed by atoms with Crippen LogP contribution < -0.4 is 15.8 Å². The number of halogens is 2. The zero-order valence-electron chi connectivity index (χ0n) is 15.4. The van der Waals surface area contributed by atoms with E-state index in [9.17, 15) is 18.4 Å². The van der Waals surface area contributed by atoms with E-state index in [1.807, 2.05) is 0 Å². The monoisotopic (exact) mass is 389 g/mol. The van der Waals surface area contributed by atoms with E-state index < -0.39 is 23.6 Å². The Bertz CT molecular complexity index is 898. The highest BCUT2D eigenvalue weighted by atomic mass is 19.1. The van der Waals surface area contributed by atoms with Gasteiger partial charge in [0.05, 0.1) is 11.1 Å². The molecule has 8 heteroatoms. The van der Waals surface area contributed by atoms with Gasteiger partial charge in [-0.15, -0.1) is 0 Å². The Balaban J connectivity index is 1.84. The van der Waals surface area contributed by atoms with Gasteiger partial charge in [-0.2, -0.15) is 0 Å². The lowest BCUT2D eigenvalue weighted by molar-refractivity contribution is 0.0730. The van der Waals surface area contributed by atoms with Gasteiger partial charge in [-0.3, -0.25) is 9.59 Å². The number of benzene rings is 2. The minimum absolute atomic E-state index is 0.0379. The molecule has 0 aromatic heterocycles. The lowest BCUT2D eigenvalue weighted by Crippen LogP contribution is -2.46. The second kappa shape index (κ2) is 8.35. The molecule has 3 rings (SSSR count). The average Bonchev–Trinajstić information content (AvgIpc) is 2.69. The van der Waals surface area contributed by atoms with Crippen LogP contribution in [0.4, 0.5) is 8.78 Å². The maximum Gasteiger partial charge on any atom is 0.256 e. The maximum atomic E-state index is 14.3. The summed E-state index contributed by atoms with van der Waals surface area (Å²) >= 11 is 0. The first-order chi connectivity index (χ1) is 13.4. The number of nitrogens with two attached hydrogens (primary N) is 1. The Morgan fingerprint density at radius 3 is 2.50 bits per heavy atom. The fourth-order valence-corrected chi connectivity index (χ4v) is 3.05. The molecule has 0 radical (unpaired) electrons. The molecular formula is C20H21F2N3O3. The maximum absolute atomic E-state index is 14.3. The summed E-state index contributed by atoms with van der Waals surface area (Å²) in [5, 5.41) is 3.14. The van der Waals surface area contributed by atoms with Gasteiger partial charge >= 0.3 is 0 Å². The van der Waals surface area contributed by atoms with Crippen LogP contribution in [-0.2, 0) is 0 Å². The molecule has 0 unspecified atom stereocenters. The number of carbonyl (C=O) groups excluding carboxylic acids is 2. The largest absolute Gasteiger partial charge is 0.485 e. The van der Waals surface area contributed by atoms with Gasteiger partial charge in [-0.1, -0.05) is 6.07 Å². The number of piperazine rings is 1. The van der Waals surface area contributed by atoms with Crippen LogP contribution in [0.1, 0.15) is 39.3 Å². The summed E-state index contributed by atoms with van der Waals surface area (Å²) in [6.45, 7) is 4.01. The number of hydrogen-bond acceptors (Lipinski definition) is 4. The number of nitrogens with one attached hydrogen (secondary N) is 1. The number of carbonyl (C=O) groups is 2. The minimum atomic E-state index is -0.824. The molecule has 1 fully saturated rings. The van der Waals surface area contributed by atoms with Gasteiger partial charge in [0, 0.05) is 26.2 Å². The van der Waals surface area contributed by atoms with Crippen LogP contribution in [0.3, 0.4) is 0 Å². The Morgan fingerprint density at radius 2 is 1.82 bits per heavy atom. The molecule has 1 heterocycles. The lowest BCUT2D eigenvalue weighted by Gasteiger charge is -2.28. The predicted octanol–water partition coefficient (Wildman–Crippen LogP) is 2.25. The van der Waals surface area contributed by atoms with Gasteiger partial charge in [0.25, 0.3) is 11.8 Å². The fraction of sp³-hybridized carbons (Fsp3) is 0.300. The van der Waals surface area contributed by atoms with Crippen molar-refractivity contribution in [2.24, 2.45) is 5.73 Å². The van der Waals surface area contributed by atoms with E-state index in [0.717, 1.165) is 12.1 Å². The van der Waals surface area contributed by atoms with Crippen molar-refractivity contribution in [3.05, 3.63) is 64.7 Å². The average molecular weight is 389 g/mol. The second-order valence-corrected chi connectivity index (χ2v) is 6.55. The molecule has 1 atom stereocenters. The van der Waals surface area contributed by atoms with Crippen molar-refractivity contribution in [2.75, 3.05) is 26.2 Å². The predicted molar refractivity (Wildman–Crippen MR) is 99.1 cm³/mol.